The van der Waals surface area contributed by atoms with Gasteiger partial charge in [0.25, 0.3) is 5.91 Å². The highest BCUT2D eigenvalue weighted by Gasteiger charge is 2.34. The van der Waals surface area contributed by atoms with Gasteiger partial charge in [0.05, 0.1) is 0 Å². The van der Waals surface area contributed by atoms with E-state index in [0.717, 1.165) is 28.6 Å². The molecule has 1 saturated heterocycles. The Morgan fingerprint density at radius 1 is 0.900 bits per heavy atom. The molecule has 0 spiro atoms. The summed E-state index contributed by atoms with van der Waals surface area (Å²) in [5, 5.41) is 0. The lowest BCUT2D eigenvalue weighted by molar-refractivity contribution is -0.126. The predicted molar refractivity (Wildman–Crippen MR) is 99.8 cm³/mol. The summed E-state index contributed by atoms with van der Waals surface area (Å²) in [6.07, 6.45) is 0.267. The minimum Gasteiger partial charge on any atom is -0.273 e. The summed E-state index contributed by atoms with van der Waals surface area (Å²) >= 11 is 0. The van der Waals surface area contributed by atoms with Gasteiger partial charge in [-0.1, -0.05) is 0 Å². The third-order valence-electron chi connectivity index (χ3n) is 4.74. The van der Waals surface area contributed by atoms with Gasteiger partial charge in [0.15, 0.2) is 0 Å². The highest BCUT2D eigenvalue weighted by molar-refractivity contribution is 7.89. The van der Waals surface area contributed by atoms with Gasteiger partial charge in [-0.05, 0) is 55.3 Å². The molecule has 1 aliphatic rings. The molecule has 2 N–H and O–H groups in total. The molecule has 11 heteroatoms. The van der Waals surface area contributed by atoms with Gasteiger partial charge >= 0.3 is 0 Å². The Labute approximate surface area is 170 Å². The second-order valence-corrected chi connectivity index (χ2v) is 8.61. The molecule has 7 nitrogen and oxygen atoms in total. The maximum absolute atomic E-state index is 13.9. The van der Waals surface area contributed by atoms with Crippen molar-refractivity contribution in [3.63, 3.8) is 0 Å². The average molecular weight is 441 g/mol. The van der Waals surface area contributed by atoms with Crippen LogP contribution in [0.1, 0.15) is 23.2 Å². The first kappa shape index (κ1) is 21.8. The van der Waals surface area contributed by atoms with Crippen molar-refractivity contribution in [2.75, 3.05) is 13.1 Å². The number of hydrogen-bond acceptors (Lipinski definition) is 4. The number of nitrogens with zero attached hydrogens (tertiary/aromatic N) is 1. The lowest BCUT2D eigenvalue weighted by Crippen LogP contribution is -2.48. The Balaban J connectivity index is 1.55. The zero-order valence-corrected chi connectivity index (χ0v) is 16.4. The Hall–Kier alpha value is -2.92. The summed E-state index contributed by atoms with van der Waals surface area (Å²) < 4.78 is 66.2. The van der Waals surface area contributed by atoms with Crippen molar-refractivity contribution >= 4 is 21.8 Å². The van der Waals surface area contributed by atoms with Crippen molar-refractivity contribution in [2.24, 2.45) is 5.92 Å². The molecule has 2 aromatic rings. The Morgan fingerprint density at radius 3 is 2.13 bits per heavy atom. The van der Waals surface area contributed by atoms with Gasteiger partial charge in [-0.25, -0.2) is 21.6 Å². The molecule has 0 aromatic heterocycles. The molecule has 2 amide bonds. The van der Waals surface area contributed by atoms with Crippen LogP contribution in [-0.4, -0.2) is 37.6 Å². The van der Waals surface area contributed by atoms with Crippen LogP contribution in [0.5, 0.6) is 0 Å². The average Bonchev–Trinajstić information content (AvgIpc) is 2.74. The van der Waals surface area contributed by atoms with Crippen molar-refractivity contribution in [3.8, 4) is 0 Å². The van der Waals surface area contributed by atoms with Crippen LogP contribution >= 0.6 is 0 Å². The largest absolute Gasteiger partial charge is 0.273 e. The van der Waals surface area contributed by atoms with Gasteiger partial charge in [-0.3, -0.25) is 20.4 Å². The zero-order valence-electron chi connectivity index (χ0n) is 15.6. The lowest BCUT2D eigenvalue weighted by atomic mass is 9.98. The quantitative estimate of drug-likeness (QED) is 0.710. The Morgan fingerprint density at radius 2 is 1.50 bits per heavy atom. The summed E-state index contributed by atoms with van der Waals surface area (Å²) in [7, 11) is -4.24. The van der Waals surface area contributed by atoms with Crippen LogP contribution in [0, 0.1) is 23.4 Å². The van der Waals surface area contributed by atoms with Gasteiger partial charge in [0, 0.05) is 24.6 Å². The van der Waals surface area contributed by atoms with E-state index in [1.807, 2.05) is 0 Å². The van der Waals surface area contributed by atoms with E-state index in [1.54, 1.807) is 0 Å². The second-order valence-electron chi connectivity index (χ2n) is 6.70. The number of carbonyl (C=O) groups excluding carboxylic acids is 2. The normalized spacial score (nSPS) is 15.6. The van der Waals surface area contributed by atoms with E-state index in [9.17, 15) is 31.2 Å². The summed E-state index contributed by atoms with van der Waals surface area (Å²) in [5.74, 6) is -4.16. The van der Waals surface area contributed by atoms with Gasteiger partial charge in [0.1, 0.15) is 22.3 Å². The van der Waals surface area contributed by atoms with Crippen molar-refractivity contribution in [1.29, 1.82) is 0 Å². The number of sulfonamides is 1. The van der Waals surface area contributed by atoms with Crippen LogP contribution < -0.4 is 10.9 Å². The van der Waals surface area contributed by atoms with E-state index in [-0.39, 0.29) is 31.5 Å². The summed E-state index contributed by atoms with van der Waals surface area (Å²) in [6.45, 7) is -0.134. The van der Waals surface area contributed by atoms with Crippen LogP contribution in [0.25, 0.3) is 0 Å². The first-order valence-corrected chi connectivity index (χ1v) is 10.4. The molecular formula is C19H18F3N3O4S. The SMILES string of the molecule is O=C(NNC(=O)C1CCN(S(=O)(=O)c2cc(F)ccc2F)CC1)c1ccc(F)cc1. The number of benzene rings is 2. The molecule has 1 aliphatic heterocycles. The first-order chi connectivity index (χ1) is 14.2. The fourth-order valence-electron chi connectivity index (χ4n) is 3.07. The van der Waals surface area contributed by atoms with Gasteiger partial charge in [0.2, 0.25) is 15.9 Å². The van der Waals surface area contributed by atoms with E-state index < -0.39 is 50.1 Å². The standard InChI is InChI=1S/C19H18F3N3O4S/c20-14-3-1-12(2-4-14)18(26)23-24-19(27)13-7-9-25(10-8-13)30(28,29)17-11-15(21)5-6-16(17)22/h1-6,11,13H,7-10H2,(H,23,26)(H,24,27). The molecule has 30 heavy (non-hydrogen) atoms. The molecule has 1 heterocycles. The van der Waals surface area contributed by atoms with Crippen LogP contribution in [0.15, 0.2) is 47.4 Å². The fraction of sp³-hybridized carbons (Fsp3) is 0.263. The third kappa shape index (κ3) is 4.79. The zero-order chi connectivity index (χ0) is 21.9. The first-order valence-electron chi connectivity index (χ1n) is 8.99. The summed E-state index contributed by atoms with van der Waals surface area (Å²) in [4.78, 5) is 23.4. The molecule has 0 aliphatic carbocycles. The molecule has 160 valence electrons. The number of nitrogens with one attached hydrogen (secondary N) is 2. The Bertz CT molecular complexity index is 1050. The molecule has 0 unspecified atom stereocenters. The number of halogens is 3. The number of hydrazine groups is 1. The monoisotopic (exact) mass is 441 g/mol. The maximum Gasteiger partial charge on any atom is 0.269 e. The van der Waals surface area contributed by atoms with Gasteiger partial charge in [-0.15, -0.1) is 0 Å². The van der Waals surface area contributed by atoms with Crippen LogP contribution in [0.3, 0.4) is 0 Å². The maximum atomic E-state index is 13.9. The van der Waals surface area contributed by atoms with Gasteiger partial charge in [-0.2, -0.15) is 4.31 Å². The van der Waals surface area contributed by atoms with E-state index in [0.29, 0.717) is 6.07 Å². The molecule has 0 atom stereocenters. The molecule has 0 bridgehead atoms. The predicted octanol–water partition coefficient (Wildman–Crippen LogP) is 1.97. The van der Waals surface area contributed by atoms with E-state index in [2.05, 4.69) is 10.9 Å². The third-order valence-corrected chi connectivity index (χ3v) is 6.66. The topological polar surface area (TPSA) is 95.6 Å². The van der Waals surface area contributed by atoms with Crippen LogP contribution in [0.4, 0.5) is 13.2 Å². The summed E-state index contributed by atoms with van der Waals surface area (Å²) in [6, 6.07) is 6.91. The minimum atomic E-state index is -4.24. The smallest absolute Gasteiger partial charge is 0.269 e. The van der Waals surface area contributed by atoms with E-state index >= 15 is 0 Å². The van der Waals surface area contributed by atoms with Crippen LogP contribution in [0.2, 0.25) is 0 Å². The molecule has 0 radical (unpaired) electrons. The van der Waals surface area contributed by atoms with E-state index in [1.165, 1.54) is 12.1 Å². The van der Waals surface area contributed by atoms with Crippen molar-refractivity contribution in [1.82, 2.24) is 15.2 Å². The van der Waals surface area contributed by atoms with E-state index in [4.69, 9.17) is 0 Å². The summed E-state index contributed by atoms with van der Waals surface area (Å²) in [5.41, 5.74) is 4.62. The second kappa shape index (κ2) is 8.84. The van der Waals surface area contributed by atoms with Crippen molar-refractivity contribution in [2.45, 2.75) is 17.7 Å². The number of rotatable bonds is 4. The molecular weight excluding hydrogens is 423 g/mol. The lowest BCUT2D eigenvalue weighted by Gasteiger charge is -2.30. The molecule has 3 rings (SSSR count). The number of hydrogen-bond donors (Lipinski definition) is 2. The number of carbonyl (C=O) groups is 2. The van der Waals surface area contributed by atoms with Crippen LogP contribution in [-0.2, 0) is 14.8 Å². The van der Waals surface area contributed by atoms with Crippen molar-refractivity contribution < 1.29 is 31.2 Å². The van der Waals surface area contributed by atoms with Crippen molar-refractivity contribution in [3.05, 3.63) is 65.5 Å². The number of amides is 2. The number of piperidine rings is 1. The molecule has 1 fully saturated rings. The highest BCUT2D eigenvalue weighted by Crippen LogP contribution is 2.26. The fourth-order valence-corrected chi connectivity index (χ4v) is 4.61. The molecule has 2 aromatic carbocycles. The highest BCUT2D eigenvalue weighted by atomic mass is 32.2. The van der Waals surface area contributed by atoms with Gasteiger partial charge < -0.3 is 0 Å². The Kier molecular flexibility index (Phi) is 6.42. The minimum absolute atomic E-state index is 0.0672. The molecule has 0 saturated carbocycles.